The summed E-state index contributed by atoms with van der Waals surface area (Å²) in [7, 11) is 3.18. The van der Waals surface area contributed by atoms with Crippen LogP contribution in [0.15, 0.2) is 48.5 Å². The highest BCUT2D eigenvalue weighted by atomic mass is 16.5. The topological polar surface area (TPSA) is 85.4 Å². The van der Waals surface area contributed by atoms with Crippen LogP contribution in [0.2, 0.25) is 0 Å². The molecule has 0 aliphatic carbocycles. The smallest absolute Gasteiger partial charge is 0.270 e. The first-order chi connectivity index (χ1) is 14.0. The number of nitrogens with zero attached hydrogens (tertiary/aromatic N) is 2. The van der Waals surface area contributed by atoms with Crippen molar-refractivity contribution < 1.29 is 14.3 Å². The van der Waals surface area contributed by atoms with Crippen LogP contribution in [0.25, 0.3) is 0 Å². The molecule has 150 valence electrons. The number of ether oxygens (including phenoxy) is 2. The number of methoxy groups -OCH3 is 2. The molecule has 0 saturated heterocycles. The Labute approximate surface area is 170 Å². The summed E-state index contributed by atoms with van der Waals surface area (Å²) in [4.78, 5) is 21.2. The van der Waals surface area contributed by atoms with Crippen molar-refractivity contribution in [2.45, 2.75) is 20.4 Å². The zero-order valence-electron chi connectivity index (χ0n) is 16.9. The summed E-state index contributed by atoms with van der Waals surface area (Å²) < 4.78 is 10.6. The largest absolute Gasteiger partial charge is 0.497 e. The summed E-state index contributed by atoms with van der Waals surface area (Å²) >= 11 is 0. The van der Waals surface area contributed by atoms with Gasteiger partial charge in [0.25, 0.3) is 5.91 Å². The number of nitrogens with one attached hydrogen (secondary N) is 2. The lowest BCUT2D eigenvalue weighted by molar-refractivity contribution is 0.0945. The van der Waals surface area contributed by atoms with Crippen molar-refractivity contribution in [3.05, 3.63) is 71.2 Å². The van der Waals surface area contributed by atoms with Crippen molar-refractivity contribution in [2.75, 3.05) is 19.5 Å². The van der Waals surface area contributed by atoms with E-state index in [1.807, 2.05) is 31.2 Å². The molecule has 1 amide bonds. The summed E-state index contributed by atoms with van der Waals surface area (Å²) in [6.45, 7) is 4.19. The number of amides is 1. The number of rotatable bonds is 7. The lowest BCUT2D eigenvalue weighted by atomic mass is 10.1. The highest BCUT2D eigenvalue weighted by molar-refractivity contribution is 5.93. The van der Waals surface area contributed by atoms with Crippen LogP contribution in [0.4, 0.5) is 11.5 Å². The average Bonchev–Trinajstić information content (AvgIpc) is 2.71. The first-order valence-corrected chi connectivity index (χ1v) is 9.17. The van der Waals surface area contributed by atoms with Gasteiger partial charge in [-0.3, -0.25) is 4.79 Å². The van der Waals surface area contributed by atoms with Crippen molar-refractivity contribution in [3.63, 3.8) is 0 Å². The second-order valence-electron chi connectivity index (χ2n) is 6.55. The van der Waals surface area contributed by atoms with Crippen LogP contribution in [0.3, 0.4) is 0 Å². The fraction of sp³-hybridized carbons (Fsp3) is 0.227. The van der Waals surface area contributed by atoms with Gasteiger partial charge in [-0.25, -0.2) is 9.97 Å². The van der Waals surface area contributed by atoms with Gasteiger partial charge in [-0.1, -0.05) is 29.8 Å². The van der Waals surface area contributed by atoms with E-state index in [9.17, 15) is 4.79 Å². The van der Waals surface area contributed by atoms with Crippen molar-refractivity contribution in [2.24, 2.45) is 0 Å². The SMILES string of the molecule is COc1ccc(OC)c(Nc2cc(C(=O)NCc3cccc(C)c3)nc(C)n2)c1. The number of anilines is 2. The van der Waals surface area contributed by atoms with E-state index in [1.54, 1.807) is 45.4 Å². The van der Waals surface area contributed by atoms with Crippen LogP contribution < -0.4 is 20.1 Å². The Morgan fingerprint density at radius 2 is 1.83 bits per heavy atom. The lowest BCUT2D eigenvalue weighted by Gasteiger charge is -2.13. The fourth-order valence-corrected chi connectivity index (χ4v) is 2.89. The molecule has 7 nitrogen and oxygen atoms in total. The Balaban J connectivity index is 1.78. The molecule has 0 fully saturated rings. The van der Waals surface area contributed by atoms with Gasteiger partial charge in [0.2, 0.25) is 0 Å². The number of hydrogen-bond donors (Lipinski definition) is 2. The van der Waals surface area contributed by atoms with Gasteiger partial charge in [0.15, 0.2) is 0 Å². The van der Waals surface area contributed by atoms with E-state index in [2.05, 4.69) is 20.6 Å². The first kappa shape index (κ1) is 20.1. The van der Waals surface area contributed by atoms with E-state index in [0.717, 1.165) is 11.1 Å². The van der Waals surface area contributed by atoms with Gasteiger partial charge in [-0.2, -0.15) is 0 Å². The number of carbonyl (C=O) groups is 1. The Morgan fingerprint density at radius 3 is 2.55 bits per heavy atom. The quantitative estimate of drug-likeness (QED) is 0.636. The third-order valence-electron chi connectivity index (χ3n) is 4.28. The van der Waals surface area contributed by atoms with Crippen LogP contribution in [-0.4, -0.2) is 30.1 Å². The number of aromatic nitrogens is 2. The van der Waals surface area contributed by atoms with Gasteiger partial charge in [0.1, 0.15) is 28.8 Å². The van der Waals surface area contributed by atoms with Crippen molar-refractivity contribution >= 4 is 17.4 Å². The van der Waals surface area contributed by atoms with Gasteiger partial charge in [-0.05, 0) is 31.5 Å². The first-order valence-electron chi connectivity index (χ1n) is 9.17. The molecule has 3 aromatic rings. The van der Waals surface area contributed by atoms with Crippen molar-refractivity contribution in [3.8, 4) is 11.5 Å². The van der Waals surface area contributed by atoms with Gasteiger partial charge >= 0.3 is 0 Å². The monoisotopic (exact) mass is 392 g/mol. The minimum Gasteiger partial charge on any atom is -0.497 e. The molecule has 7 heteroatoms. The van der Waals surface area contributed by atoms with Gasteiger partial charge in [0, 0.05) is 18.7 Å². The van der Waals surface area contributed by atoms with Crippen LogP contribution in [0, 0.1) is 13.8 Å². The molecule has 0 bridgehead atoms. The summed E-state index contributed by atoms with van der Waals surface area (Å²) in [5.74, 6) is 2.02. The third kappa shape index (κ3) is 5.22. The summed E-state index contributed by atoms with van der Waals surface area (Å²) in [6, 6.07) is 15.0. The third-order valence-corrected chi connectivity index (χ3v) is 4.28. The van der Waals surface area contributed by atoms with E-state index in [1.165, 1.54) is 0 Å². The van der Waals surface area contributed by atoms with E-state index >= 15 is 0 Å². The van der Waals surface area contributed by atoms with E-state index in [4.69, 9.17) is 9.47 Å². The molecule has 0 atom stereocenters. The molecular weight excluding hydrogens is 368 g/mol. The molecule has 1 aromatic heterocycles. The molecule has 2 N–H and O–H groups in total. The van der Waals surface area contributed by atoms with Crippen LogP contribution in [0.1, 0.15) is 27.4 Å². The van der Waals surface area contributed by atoms with Gasteiger partial charge in [0.05, 0.1) is 19.9 Å². The summed E-state index contributed by atoms with van der Waals surface area (Å²) in [6.07, 6.45) is 0. The predicted molar refractivity (Wildman–Crippen MR) is 112 cm³/mol. The van der Waals surface area contributed by atoms with Crippen molar-refractivity contribution in [1.29, 1.82) is 0 Å². The maximum absolute atomic E-state index is 12.6. The molecule has 2 aromatic carbocycles. The Hall–Kier alpha value is -3.61. The van der Waals surface area contributed by atoms with Crippen LogP contribution >= 0.6 is 0 Å². The molecule has 0 spiro atoms. The molecule has 0 saturated carbocycles. The van der Waals surface area contributed by atoms with Gasteiger partial charge < -0.3 is 20.1 Å². The molecule has 1 heterocycles. The van der Waals surface area contributed by atoms with E-state index in [-0.39, 0.29) is 11.6 Å². The van der Waals surface area contributed by atoms with Gasteiger partial charge in [-0.15, -0.1) is 0 Å². The Kier molecular flexibility index (Phi) is 6.29. The number of hydrogen-bond acceptors (Lipinski definition) is 6. The maximum atomic E-state index is 12.6. The maximum Gasteiger partial charge on any atom is 0.270 e. The molecule has 0 radical (unpaired) electrons. The van der Waals surface area contributed by atoms with Crippen molar-refractivity contribution in [1.82, 2.24) is 15.3 Å². The highest BCUT2D eigenvalue weighted by Crippen LogP contribution is 2.31. The second-order valence-corrected chi connectivity index (χ2v) is 6.55. The Morgan fingerprint density at radius 1 is 1.00 bits per heavy atom. The standard InChI is InChI=1S/C22H24N4O3/c1-14-6-5-7-16(10-14)13-23-22(27)19-12-21(25-15(2)24-19)26-18-11-17(28-3)8-9-20(18)29-4/h5-12H,13H2,1-4H3,(H,23,27)(H,24,25,26). The molecule has 0 aliphatic heterocycles. The second kappa shape index (κ2) is 9.05. The lowest BCUT2D eigenvalue weighted by Crippen LogP contribution is -2.24. The summed E-state index contributed by atoms with van der Waals surface area (Å²) in [5, 5.41) is 6.08. The van der Waals surface area contributed by atoms with E-state index < -0.39 is 0 Å². The highest BCUT2D eigenvalue weighted by Gasteiger charge is 2.12. The van der Waals surface area contributed by atoms with E-state index in [0.29, 0.717) is 35.4 Å². The minimum atomic E-state index is -0.266. The average molecular weight is 392 g/mol. The number of carbonyl (C=O) groups excluding carboxylic acids is 1. The van der Waals surface area contributed by atoms with Crippen LogP contribution in [-0.2, 0) is 6.54 Å². The zero-order valence-corrected chi connectivity index (χ0v) is 16.9. The van der Waals surface area contributed by atoms with Crippen LogP contribution in [0.5, 0.6) is 11.5 Å². The molecule has 0 aliphatic rings. The predicted octanol–water partition coefficient (Wildman–Crippen LogP) is 3.78. The number of benzene rings is 2. The Bertz CT molecular complexity index is 1020. The summed E-state index contributed by atoms with van der Waals surface area (Å²) in [5.41, 5.74) is 3.14. The molecule has 0 unspecified atom stereocenters. The minimum absolute atomic E-state index is 0.266. The molecular formula is C22H24N4O3. The molecule has 3 rings (SSSR count). The zero-order chi connectivity index (χ0) is 20.8. The normalized spacial score (nSPS) is 10.3. The fourth-order valence-electron chi connectivity index (χ4n) is 2.89. The molecule has 29 heavy (non-hydrogen) atoms. The number of aryl methyl sites for hydroxylation is 2.